The predicted molar refractivity (Wildman–Crippen MR) is 89.6 cm³/mol. The molecule has 0 aliphatic rings. The average Bonchev–Trinajstić information content (AvgIpc) is 2.93. The van der Waals surface area contributed by atoms with Crippen LogP contribution in [0.4, 0.5) is 5.69 Å². The van der Waals surface area contributed by atoms with Crippen LogP contribution in [0, 0.1) is 0 Å². The Balaban J connectivity index is 1.89. The number of aromatic nitrogens is 2. The van der Waals surface area contributed by atoms with E-state index in [0.717, 1.165) is 6.54 Å². The first-order valence-electron chi connectivity index (χ1n) is 7.86. The maximum absolute atomic E-state index is 4.42. The average molecular weight is 285 g/mol. The summed E-state index contributed by atoms with van der Waals surface area (Å²) < 4.78 is 2.01. The van der Waals surface area contributed by atoms with Crippen LogP contribution in [0.3, 0.4) is 0 Å². The normalized spacial score (nSPS) is 11.6. The number of benzene rings is 1. The van der Waals surface area contributed by atoms with E-state index in [-0.39, 0.29) is 5.54 Å². The summed E-state index contributed by atoms with van der Waals surface area (Å²) in [6.45, 7) is 9.52. The molecule has 1 N–H and O–H groups in total. The van der Waals surface area contributed by atoms with Crippen molar-refractivity contribution in [1.82, 2.24) is 9.78 Å². The van der Waals surface area contributed by atoms with Crippen molar-refractivity contribution in [2.24, 2.45) is 0 Å². The molecule has 0 saturated carbocycles. The minimum Gasteiger partial charge on any atom is -0.381 e. The molecule has 0 atom stereocenters. The molecule has 0 amide bonds. The van der Waals surface area contributed by atoms with Gasteiger partial charge in [0, 0.05) is 24.0 Å². The van der Waals surface area contributed by atoms with Gasteiger partial charge in [0.2, 0.25) is 0 Å². The highest BCUT2D eigenvalue weighted by Crippen LogP contribution is 2.15. The first kappa shape index (κ1) is 15.6. The third kappa shape index (κ3) is 4.62. The lowest BCUT2D eigenvalue weighted by Gasteiger charge is -2.18. The molecular formula is C18H27N3. The lowest BCUT2D eigenvalue weighted by atomic mass is 10.1. The number of nitrogens with zero attached hydrogens (tertiary/aromatic N) is 2. The maximum Gasteiger partial charge on any atom is 0.0543 e. The van der Waals surface area contributed by atoms with Crippen LogP contribution in [0.5, 0.6) is 0 Å². The number of hydrogen-bond acceptors (Lipinski definition) is 2. The van der Waals surface area contributed by atoms with Gasteiger partial charge in [0.25, 0.3) is 0 Å². The molecule has 0 spiro atoms. The molecule has 2 rings (SSSR count). The van der Waals surface area contributed by atoms with Crippen molar-refractivity contribution in [2.45, 2.75) is 59.0 Å². The van der Waals surface area contributed by atoms with E-state index in [0.29, 0.717) is 0 Å². The molecule has 0 aliphatic heterocycles. The fourth-order valence-corrected chi connectivity index (χ4v) is 2.19. The van der Waals surface area contributed by atoms with Gasteiger partial charge in [-0.2, -0.15) is 5.10 Å². The van der Waals surface area contributed by atoms with Crippen molar-refractivity contribution in [3.63, 3.8) is 0 Å². The van der Waals surface area contributed by atoms with Gasteiger partial charge in [0.05, 0.1) is 11.7 Å². The Hall–Kier alpha value is -1.77. The summed E-state index contributed by atoms with van der Waals surface area (Å²) in [6, 6.07) is 8.77. The number of rotatable bonds is 6. The van der Waals surface area contributed by atoms with Gasteiger partial charge in [-0.3, -0.25) is 4.68 Å². The van der Waals surface area contributed by atoms with E-state index in [1.54, 1.807) is 0 Å². The molecule has 1 aromatic heterocycles. The number of hydrogen-bond donors (Lipinski definition) is 1. The first-order valence-corrected chi connectivity index (χ1v) is 7.86. The monoisotopic (exact) mass is 285 g/mol. The summed E-state index contributed by atoms with van der Waals surface area (Å²) in [4.78, 5) is 0. The predicted octanol–water partition coefficient (Wildman–Crippen LogP) is 4.59. The highest BCUT2D eigenvalue weighted by molar-refractivity contribution is 5.45. The molecule has 0 saturated heterocycles. The number of nitrogens with one attached hydrogen (secondary N) is 1. The van der Waals surface area contributed by atoms with E-state index in [2.05, 4.69) is 68.6 Å². The summed E-state index contributed by atoms with van der Waals surface area (Å²) in [5.74, 6) is 0. The van der Waals surface area contributed by atoms with E-state index in [4.69, 9.17) is 0 Å². The Morgan fingerprint density at radius 1 is 1.10 bits per heavy atom. The highest BCUT2D eigenvalue weighted by atomic mass is 15.3. The summed E-state index contributed by atoms with van der Waals surface area (Å²) in [5.41, 5.74) is 3.83. The smallest absolute Gasteiger partial charge is 0.0543 e. The molecular weight excluding hydrogens is 258 g/mol. The van der Waals surface area contributed by atoms with Gasteiger partial charge in [-0.1, -0.05) is 25.5 Å². The van der Waals surface area contributed by atoms with Crippen molar-refractivity contribution >= 4 is 5.69 Å². The molecule has 1 heterocycles. The third-order valence-electron chi connectivity index (χ3n) is 3.59. The largest absolute Gasteiger partial charge is 0.381 e. The second-order valence-corrected chi connectivity index (χ2v) is 6.62. The van der Waals surface area contributed by atoms with Gasteiger partial charge in [-0.05, 0) is 51.3 Å². The van der Waals surface area contributed by atoms with Crippen molar-refractivity contribution in [3.8, 4) is 0 Å². The quantitative estimate of drug-likeness (QED) is 0.841. The molecule has 2 aromatic rings. The van der Waals surface area contributed by atoms with Crippen molar-refractivity contribution < 1.29 is 0 Å². The molecule has 0 fully saturated rings. The second-order valence-electron chi connectivity index (χ2n) is 6.62. The van der Waals surface area contributed by atoms with Gasteiger partial charge in [0.1, 0.15) is 0 Å². The third-order valence-corrected chi connectivity index (χ3v) is 3.59. The Morgan fingerprint density at radius 2 is 1.81 bits per heavy atom. The van der Waals surface area contributed by atoms with Crippen LogP contribution >= 0.6 is 0 Å². The van der Waals surface area contributed by atoms with Crippen LogP contribution in [0.1, 0.15) is 51.7 Å². The van der Waals surface area contributed by atoms with E-state index in [1.807, 2.05) is 10.9 Å². The molecule has 3 heteroatoms. The van der Waals surface area contributed by atoms with Crippen molar-refractivity contribution in [3.05, 3.63) is 47.8 Å². The molecule has 0 aliphatic carbocycles. The number of aryl methyl sites for hydroxylation is 1. The Bertz CT molecular complexity index is 547. The SMILES string of the molecule is CCCCc1ccc(NCc2cnn(C(C)(C)C)c2)cc1. The van der Waals surface area contributed by atoms with Gasteiger partial charge in [0.15, 0.2) is 0 Å². The standard InChI is InChI=1S/C18H27N3/c1-5-6-7-15-8-10-17(11-9-15)19-12-16-13-20-21(14-16)18(2,3)4/h8-11,13-14,19H,5-7,12H2,1-4H3. The number of anilines is 1. The zero-order valence-corrected chi connectivity index (χ0v) is 13.7. The molecule has 0 unspecified atom stereocenters. The van der Waals surface area contributed by atoms with Crippen molar-refractivity contribution in [2.75, 3.05) is 5.32 Å². The zero-order chi connectivity index (χ0) is 15.3. The summed E-state index contributed by atoms with van der Waals surface area (Å²) in [7, 11) is 0. The van der Waals surface area contributed by atoms with Crippen molar-refractivity contribution in [1.29, 1.82) is 0 Å². The molecule has 0 radical (unpaired) electrons. The lowest BCUT2D eigenvalue weighted by molar-refractivity contribution is 0.355. The fourth-order valence-electron chi connectivity index (χ4n) is 2.19. The lowest BCUT2D eigenvalue weighted by Crippen LogP contribution is -2.21. The molecule has 114 valence electrons. The van der Waals surface area contributed by atoms with E-state index in [9.17, 15) is 0 Å². The topological polar surface area (TPSA) is 29.9 Å². The minimum atomic E-state index is 0.0408. The highest BCUT2D eigenvalue weighted by Gasteiger charge is 2.13. The van der Waals surface area contributed by atoms with E-state index < -0.39 is 0 Å². The second kappa shape index (κ2) is 6.79. The summed E-state index contributed by atoms with van der Waals surface area (Å²) in [6.07, 6.45) is 7.74. The van der Waals surface area contributed by atoms with Crippen LogP contribution in [0.2, 0.25) is 0 Å². The van der Waals surface area contributed by atoms with Gasteiger partial charge in [-0.25, -0.2) is 0 Å². The van der Waals surface area contributed by atoms with Crippen LogP contribution in [-0.2, 0) is 18.5 Å². The van der Waals surface area contributed by atoms with Crippen LogP contribution in [0.15, 0.2) is 36.7 Å². The van der Waals surface area contributed by atoms with Gasteiger partial charge < -0.3 is 5.32 Å². The van der Waals surface area contributed by atoms with Crippen LogP contribution in [-0.4, -0.2) is 9.78 Å². The summed E-state index contributed by atoms with van der Waals surface area (Å²) in [5, 5.41) is 7.88. The maximum atomic E-state index is 4.42. The molecule has 0 bridgehead atoms. The molecule has 1 aromatic carbocycles. The summed E-state index contributed by atoms with van der Waals surface area (Å²) >= 11 is 0. The molecule has 3 nitrogen and oxygen atoms in total. The van der Waals surface area contributed by atoms with Gasteiger partial charge >= 0.3 is 0 Å². The minimum absolute atomic E-state index is 0.0408. The Labute approximate surface area is 128 Å². The van der Waals surface area contributed by atoms with Gasteiger partial charge in [-0.15, -0.1) is 0 Å². The van der Waals surface area contributed by atoms with Crippen LogP contribution in [0.25, 0.3) is 0 Å². The van der Waals surface area contributed by atoms with E-state index >= 15 is 0 Å². The Morgan fingerprint density at radius 3 is 2.38 bits per heavy atom. The Kier molecular flexibility index (Phi) is 5.05. The number of unbranched alkanes of at least 4 members (excludes halogenated alkanes) is 1. The fraction of sp³-hybridized carbons (Fsp3) is 0.500. The van der Waals surface area contributed by atoms with E-state index in [1.165, 1.54) is 36.1 Å². The van der Waals surface area contributed by atoms with Crippen LogP contribution < -0.4 is 5.32 Å². The molecule has 21 heavy (non-hydrogen) atoms. The zero-order valence-electron chi connectivity index (χ0n) is 13.7. The first-order chi connectivity index (χ1) is 9.99.